The van der Waals surface area contributed by atoms with E-state index in [0.717, 1.165) is 35.9 Å². The van der Waals surface area contributed by atoms with Crippen molar-refractivity contribution in [3.8, 4) is 0 Å². The molecule has 0 aliphatic carbocycles. The minimum atomic E-state index is -0.189. The fraction of sp³-hybridized carbons (Fsp3) is 0.455. The van der Waals surface area contributed by atoms with E-state index in [2.05, 4.69) is 57.7 Å². The molecule has 27 heavy (non-hydrogen) atoms. The van der Waals surface area contributed by atoms with Gasteiger partial charge in [0.1, 0.15) is 0 Å². The van der Waals surface area contributed by atoms with Gasteiger partial charge in [0.15, 0.2) is 0 Å². The number of thioether (sulfide) groups is 1. The number of likely N-dealkylation sites (N-methyl/N-ethyl adjacent to an activating group) is 1. The summed E-state index contributed by atoms with van der Waals surface area (Å²) in [5, 5.41) is -0.184. The van der Waals surface area contributed by atoms with Gasteiger partial charge in [-0.3, -0.25) is 14.5 Å². The van der Waals surface area contributed by atoms with Crippen LogP contribution in [0.25, 0.3) is 11.6 Å². The fourth-order valence-corrected chi connectivity index (χ4v) is 4.84. The lowest BCUT2D eigenvalue weighted by Crippen LogP contribution is -2.45. The standard InChI is InChI=1S/C22H28N2O2S/c1-7-9-24-18-10-14(3)16(11-17(18)15(4)13-22(24,5)6)12-19-20(25)23(8-2)21(26)27-19/h10-13H,7-9H2,1-6H3/b19-12+. The molecule has 0 bridgehead atoms. The van der Waals surface area contributed by atoms with Crippen molar-refractivity contribution >= 4 is 40.2 Å². The molecule has 2 aliphatic rings. The second-order valence-corrected chi connectivity index (χ2v) is 8.78. The van der Waals surface area contributed by atoms with Gasteiger partial charge in [-0.25, -0.2) is 0 Å². The first-order valence-corrected chi connectivity index (χ1v) is 10.4. The topological polar surface area (TPSA) is 40.6 Å². The van der Waals surface area contributed by atoms with Gasteiger partial charge in [0.25, 0.3) is 11.1 Å². The van der Waals surface area contributed by atoms with Gasteiger partial charge < -0.3 is 4.90 Å². The molecule has 5 heteroatoms. The molecule has 1 aromatic rings. The molecule has 144 valence electrons. The van der Waals surface area contributed by atoms with Crippen molar-refractivity contribution in [3.63, 3.8) is 0 Å². The van der Waals surface area contributed by atoms with Crippen LogP contribution < -0.4 is 4.90 Å². The summed E-state index contributed by atoms with van der Waals surface area (Å²) in [5.74, 6) is -0.189. The van der Waals surface area contributed by atoms with Crippen LogP contribution in [0.5, 0.6) is 0 Å². The number of nitrogens with zero attached hydrogens (tertiary/aromatic N) is 2. The van der Waals surface area contributed by atoms with Crippen LogP contribution in [0.15, 0.2) is 23.1 Å². The highest BCUT2D eigenvalue weighted by Crippen LogP contribution is 2.41. The second-order valence-electron chi connectivity index (χ2n) is 7.78. The van der Waals surface area contributed by atoms with Crippen molar-refractivity contribution < 1.29 is 9.59 Å². The van der Waals surface area contributed by atoms with Crippen molar-refractivity contribution in [1.29, 1.82) is 0 Å². The van der Waals surface area contributed by atoms with Crippen molar-refractivity contribution in [2.24, 2.45) is 0 Å². The largest absolute Gasteiger partial charge is 0.362 e. The second kappa shape index (κ2) is 7.19. The average molecular weight is 385 g/mol. The summed E-state index contributed by atoms with van der Waals surface area (Å²) in [7, 11) is 0. The van der Waals surface area contributed by atoms with E-state index in [9.17, 15) is 9.59 Å². The zero-order valence-electron chi connectivity index (χ0n) is 17.0. The number of hydrogen-bond acceptors (Lipinski definition) is 4. The van der Waals surface area contributed by atoms with E-state index in [0.29, 0.717) is 11.4 Å². The van der Waals surface area contributed by atoms with Gasteiger partial charge in [-0.1, -0.05) is 13.0 Å². The summed E-state index contributed by atoms with van der Waals surface area (Å²) in [5.41, 5.74) is 5.79. The third kappa shape index (κ3) is 3.45. The third-order valence-corrected chi connectivity index (χ3v) is 6.20. The molecule has 0 radical (unpaired) electrons. The summed E-state index contributed by atoms with van der Waals surface area (Å²) in [4.78, 5) is 28.7. The quantitative estimate of drug-likeness (QED) is 0.646. The zero-order chi connectivity index (χ0) is 19.9. The molecule has 0 unspecified atom stereocenters. The minimum Gasteiger partial charge on any atom is -0.362 e. The number of imide groups is 1. The van der Waals surface area contributed by atoms with Gasteiger partial charge in [-0.2, -0.15) is 0 Å². The van der Waals surface area contributed by atoms with Gasteiger partial charge >= 0.3 is 0 Å². The molecular formula is C22H28N2O2S. The van der Waals surface area contributed by atoms with E-state index in [4.69, 9.17) is 0 Å². The fourth-order valence-electron chi connectivity index (χ4n) is 3.95. The molecule has 1 saturated heterocycles. The molecule has 4 nitrogen and oxygen atoms in total. The monoisotopic (exact) mass is 384 g/mol. The van der Waals surface area contributed by atoms with Crippen molar-refractivity contribution in [2.45, 2.75) is 53.5 Å². The number of carbonyl (C=O) groups is 2. The smallest absolute Gasteiger partial charge is 0.293 e. The zero-order valence-corrected chi connectivity index (χ0v) is 17.9. The Morgan fingerprint density at radius 2 is 1.85 bits per heavy atom. The highest BCUT2D eigenvalue weighted by Gasteiger charge is 2.34. The Morgan fingerprint density at radius 3 is 2.44 bits per heavy atom. The summed E-state index contributed by atoms with van der Waals surface area (Å²) in [6, 6.07) is 4.38. The lowest BCUT2D eigenvalue weighted by molar-refractivity contribution is -0.122. The van der Waals surface area contributed by atoms with E-state index in [1.807, 2.05) is 13.0 Å². The molecule has 0 saturated carbocycles. The van der Waals surface area contributed by atoms with Crippen LogP contribution in [0.2, 0.25) is 0 Å². The van der Waals surface area contributed by atoms with Gasteiger partial charge in [-0.15, -0.1) is 0 Å². The maximum absolute atomic E-state index is 12.4. The number of carbonyl (C=O) groups excluding carboxylic acids is 2. The molecule has 0 spiro atoms. The Kier molecular flexibility index (Phi) is 5.26. The van der Waals surface area contributed by atoms with E-state index in [-0.39, 0.29) is 16.7 Å². The van der Waals surface area contributed by atoms with Crippen LogP contribution in [0.3, 0.4) is 0 Å². The Balaban J connectivity index is 2.07. The van der Waals surface area contributed by atoms with Crippen molar-refractivity contribution in [3.05, 3.63) is 39.8 Å². The van der Waals surface area contributed by atoms with Crippen LogP contribution >= 0.6 is 11.8 Å². The average Bonchev–Trinajstić information content (AvgIpc) is 2.85. The van der Waals surface area contributed by atoms with Gasteiger partial charge in [0, 0.05) is 24.3 Å². The molecule has 3 rings (SSSR count). The Hall–Kier alpha value is -2.01. The normalized spacial score (nSPS) is 20.4. The van der Waals surface area contributed by atoms with Crippen LogP contribution in [0.1, 0.15) is 57.7 Å². The third-order valence-electron chi connectivity index (χ3n) is 5.29. The first-order chi connectivity index (χ1) is 12.7. The maximum Gasteiger partial charge on any atom is 0.293 e. The van der Waals surface area contributed by atoms with Crippen molar-refractivity contribution in [1.82, 2.24) is 4.90 Å². The molecule has 0 aromatic heterocycles. The predicted molar refractivity (Wildman–Crippen MR) is 115 cm³/mol. The Morgan fingerprint density at radius 1 is 1.15 bits per heavy atom. The highest BCUT2D eigenvalue weighted by atomic mass is 32.2. The Labute approximate surface area is 166 Å². The van der Waals surface area contributed by atoms with Gasteiger partial charge in [0.05, 0.1) is 10.4 Å². The Bertz CT molecular complexity index is 867. The van der Waals surface area contributed by atoms with Crippen LogP contribution in [-0.4, -0.2) is 34.7 Å². The maximum atomic E-state index is 12.4. The van der Waals surface area contributed by atoms with Gasteiger partial charge in [0.2, 0.25) is 0 Å². The summed E-state index contributed by atoms with van der Waals surface area (Å²) in [6.07, 6.45) is 5.27. The SMILES string of the molecule is CCCN1c2cc(C)c(/C=C3/SC(=O)N(CC)C3=O)cc2C(C)=CC1(C)C. The van der Waals surface area contributed by atoms with Crippen molar-refractivity contribution in [2.75, 3.05) is 18.0 Å². The lowest BCUT2D eigenvalue weighted by Gasteiger charge is -2.43. The minimum absolute atomic E-state index is 0.0230. The summed E-state index contributed by atoms with van der Waals surface area (Å²) >= 11 is 1.03. The molecule has 2 amide bonds. The number of allylic oxidation sites excluding steroid dienone is 1. The molecule has 2 aliphatic heterocycles. The highest BCUT2D eigenvalue weighted by molar-refractivity contribution is 8.18. The summed E-state index contributed by atoms with van der Waals surface area (Å²) in [6.45, 7) is 14.1. The number of anilines is 1. The molecule has 1 aromatic carbocycles. The number of fused-ring (bicyclic) bond motifs is 1. The molecule has 0 N–H and O–H groups in total. The number of amides is 2. The summed E-state index contributed by atoms with van der Waals surface area (Å²) < 4.78 is 0. The molecular weight excluding hydrogens is 356 g/mol. The number of aryl methyl sites for hydroxylation is 1. The molecule has 2 heterocycles. The molecule has 1 fully saturated rings. The van der Waals surface area contributed by atoms with E-state index in [1.54, 1.807) is 0 Å². The first kappa shape index (κ1) is 19.7. The predicted octanol–water partition coefficient (Wildman–Crippen LogP) is 5.46. The molecule has 0 atom stereocenters. The number of hydrogen-bond donors (Lipinski definition) is 0. The van der Waals surface area contributed by atoms with E-state index in [1.165, 1.54) is 21.7 Å². The number of benzene rings is 1. The van der Waals surface area contributed by atoms with E-state index < -0.39 is 0 Å². The van der Waals surface area contributed by atoms with Crippen LogP contribution in [0.4, 0.5) is 10.5 Å². The lowest BCUT2D eigenvalue weighted by atomic mass is 9.86. The van der Waals surface area contributed by atoms with Crippen LogP contribution in [0, 0.1) is 6.92 Å². The number of rotatable bonds is 4. The van der Waals surface area contributed by atoms with E-state index >= 15 is 0 Å². The first-order valence-electron chi connectivity index (χ1n) is 9.57. The van der Waals surface area contributed by atoms with Crippen LogP contribution in [-0.2, 0) is 4.79 Å². The van der Waals surface area contributed by atoms with Gasteiger partial charge in [-0.05, 0) is 87.7 Å².